The van der Waals surface area contributed by atoms with Crippen LogP contribution in [0.25, 0.3) is 22.2 Å². The Labute approximate surface area is 295 Å². The maximum absolute atomic E-state index is 5.96. The number of alkyl halides is 2. The Morgan fingerprint density at radius 1 is 0.891 bits per heavy atom. The Kier molecular flexibility index (Phi) is 12.8. The van der Waals surface area contributed by atoms with Crippen molar-refractivity contribution in [2.45, 2.75) is 122 Å². The molecular formula is C31H51B2BrCl2N4O5Si. The van der Waals surface area contributed by atoms with Crippen LogP contribution in [0.2, 0.25) is 25.7 Å². The second kappa shape index (κ2) is 14.9. The molecule has 0 saturated carbocycles. The zero-order chi connectivity index (χ0) is 34.9. The molecule has 5 rings (SSSR count). The lowest BCUT2D eigenvalue weighted by atomic mass is 9.49. The SMILES string of the molecule is CC(Cl)Cl.CC1(C)OB(B2OC(C)(C)C(C)(C)O2)OC1(C)C.Cn1cc(-c2cn(COCC[Si](C)(C)C)c3ncc(Br)cc23)cn1. The largest absolute Gasteiger partial charge is 0.488 e. The van der Waals surface area contributed by atoms with E-state index in [1.807, 2.05) is 85.7 Å². The highest BCUT2D eigenvalue weighted by Gasteiger charge is 2.63. The molecule has 15 heteroatoms. The van der Waals surface area contributed by atoms with Gasteiger partial charge in [-0.3, -0.25) is 4.68 Å². The summed E-state index contributed by atoms with van der Waals surface area (Å²) in [6, 6.07) is 3.27. The molecule has 0 aliphatic carbocycles. The van der Waals surface area contributed by atoms with Gasteiger partial charge in [-0.15, -0.1) is 23.2 Å². The normalized spacial score (nSPS) is 19.7. The van der Waals surface area contributed by atoms with Gasteiger partial charge >= 0.3 is 14.0 Å². The molecule has 0 atom stereocenters. The van der Waals surface area contributed by atoms with Crippen LogP contribution >= 0.6 is 39.1 Å². The molecule has 5 heterocycles. The Hall–Kier alpha value is -0.893. The standard InChI is InChI=1S/C17H23BrN4OSi.C12H24B2O4.C2H4Cl2/c1-21-10-13(8-20-21)16-11-22(12-23-5-6-24(2,3)4)17-15(16)7-14(18)9-19-17;1-9(2)10(3,4)16-13(15-9)14-17-11(5,6)12(7,8)18-14;1-2(3)4/h7-11H,5-6,12H2,1-4H3;1-8H3;2H,1H3. The molecule has 3 aromatic heterocycles. The summed E-state index contributed by atoms with van der Waals surface area (Å²) >= 11 is 13.6. The highest BCUT2D eigenvalue weighted by atomic mass is 79.9. The van der Waals surface area contributed by atoms with Crippen LogP contribution in [0.1, 0.15) is 62.3 Å². The Morgan fingerprint density at radius 2 is 1.37 bits per heavy atom. The third-order valence-electron chi connectivity index (χ3n) is 8.69. The van der Waals surface area contributed by atoms with E-state index in [0.717, 1.165) is 33.2 Å². The predicted octanol–water partition coefficient (Wildman–Crippen LogP) is 8.57. The van der Waals surface area contributed by atoms with Crippen molar-refractivity contribution in [3.8, 4) is 11.1 Å². The molecule has 0 spiro atoms. The van der Waals surface area contributed by atoms with Gasteiger partial charge in [0.25, 0.3) is 0 Å². The van der Waals surface area contributed by atoms with Crippen LogP contribution in [0.15, 0.2) is 35.3 Å². The number of halogens is 3. The summed E-state index contributed by atoms with van der Waals surface area (Å²) in [5.41, 5.74) is 1.71. The second-order valence-electron chi connectivity index (χ2n) is 15.1. The van der Waals surface area contributed by atoms with E-state index in [4.69, 9.17) is 46.6 Å². The lowest BCUT2D eigenvalue weighted by Crippen LogP contribution is -2.41. The second-order valence-corrected chi connectivity index (χ2v) is 23.1. The molecule has 2 aliphatic rings. The van der Waals surface area contributed by atoms with Gasteiger partial charge < -0.3 is 27.9 Å². The summed E-state index contributed by atoms with van der Waals surface area (Å²) in [6.07, 6.45) is 7.84. The van der Waals surface area contributed by atoms with E-state index in [9.17, 15) is 0 Å². The van der Waals surface area contributed by atoms with Crippen LogP contribution in [-0.2, 0) is 37.1 Å². The molecule has 0 aromatic carbocycles. The van der Waals surface area contributed by atoms with Crippen molar-refractivity contribution < 1.29 is 23.4 Å². The fourth-order valence-electron chi connectivity index (χ4n) is 4.58. The molecule has 0 unspecified atom stereocenters. The van der Waals surface area contributed by atoms with E-state index in [1.54, 1.807) is 6.92 Å². The van der Waals surface area contributed by atoms with Crippen LogP contribution in [0, 0.1) is 0 Å². The molecule has 2 saturated heterocycles. The first-order chi connectivity index (χ1) is 20.9. The van der Waals surface area contributed by atoms with Gasteiger partial charge in [0, 0.05) is 61.3 Å². The topological polar surface area (TPSA) is 81.8 Å². The van der Waals surface area contributed by atoms with E-state index in [2.05, 4.69) is 62.5 Å². The highest BCUT2D eigenvalue weighted by Crippen LogP contribution is 2.43. The molecule has 46 heavy (non-hydrogen) atoms. The number of ether oxygens (including phenoxy) is 1. The molecule has 0 bridgehead atoms. The number of aryl methyl sites for hydroxylation is 1. The van der Waals surface area contributed by atoms with E-state index in [0.29, 0.717) is 6.73 Å². The Bertz CT molecular complexity index is 1390. The minimum absolute atomic E-state index is 0.222. The third-order valence-corrected chi connectivity index (χ3v) is 10.8. The summed E-state index contributed by atoms with van der Waals surface area (Å²) in [6.45, 7) is 26.3. The fraction of sp³-hybridized carbons (Fsp3) is 0.677. The first-order valence-electron chi connectivity index (χ1n) is 15.7. The van der Waals surface area contributed by atoms with Crippen LogP contribution in [0.4, 0.5) is 0 Å². The van der Waals surface area contributed by atoms with Crippen molar-refractivity contribution in [2.75, 3.05) is 6.61 Å². The first-order valence-corrected chi connectivity index (χ1v) is 21.0. The average molecular weight is 760 g/mol. The lowest BCUT2D eigenvalue weighted by Gasteiger charge is -2.32. The number of hydrogen-bond acceptors (Lipinski definition) is 7. The molecule has 2 fully saturated rings. The maximum Gasteiger partial charge on any atom is 0.488 e. The quantitative estimate of drug-likeness (QED) is 0.136. The van der Waals surface area contributed by atoms with Crippen molar-refractivity contribution in [3.05, 3.63) is 35.3 Å². The van der Waals surface area contributed by atoms with E-state index >= 15 is 0 Å². The number of rotatable bonds is 7. The van der Waals surface area contributed by atoms with Crippen molar-refractivity contribution in [1.29, 1.82) is 0 Å². The van der Waals surface area contributed by atoms with Gasteiger partial charge in [-0.2, -0.15) is 5.10 Å². The van der Waals surface area contributed by atoms with Crippen molar-refractivity contribution >= 4 is 72.3 Å². The molecule has 3 aromatic rings. The Balaban J connectivity index is 0.000000232. The minimum Gasteiger partial charge on any atom is -0.405 e. The molecule has 2 aliphatic heterocycles. The van der Waals surface area contributed by atoms with Gasteiger partial charge in [0.05, 0.1) is 28.6 Å². The van der Waals surface area contributed by atoms with Gasteiger partial charge in [-0.25, -0.2) is 4.98 Å². The number of fused-ring (bicyclic) bond motifs is 1. The van der Waals surface area contributed by atoms with Crippen molar-refractivity contribution in [3.63, 3.8) is 0 Å². The fourth-order valence-corrected chi connectivity index (χ4v) is 5.66. The maximum atomic E-state index is 5.96. The van der Waals surface area contributed by atoms with Crippen LogP contribution in [0.3, 0.4) is 0 Å². The molecule has 0 N–H and O–H groups in total. The first kappa shape index (κ1) is 39.5. The molecular weight excluding hydrogens is 709 g/mol. The summed E-state index contributed by atoms with van der Waals surface area (Å²) in [5.74, 6) is 0. The van der Waals surface area contributed by atoms with Gasteiger partial charge in [0.15, 0.2) is 0 Å². The van der Waals surface area contributed by atoms with Crippen LogP contribution < -0.4 is 0 Å². The summed E-state index contributed by atoms with van der Waals surface area (Å²) in [5, 5.41) is 5.39. The number of aromatic nitrogens is 4. The van der Waals surface area contributed by atoms with Gasteiger partial charge in [0.1, 0.15) is 17.2 Å². The minimum atomic E-state index is -1.07. The van der Waals surface area contributed by atoms with Crippen LogP contribution in [0.5, 0.6) is 0 Å². The molecule has 9 nitrogen and oxygen atoms in total. The summed E-state index contributed by atoms with van der Waals surface area (Å²) in [7, 11) is -0.0931. The lowest BCUT2D eigenvalue weighted by molar-refractivity contribution is 0.00578. The predicted molar refractivity (Wildman–Crippen MR) is 197 cm³/mol. The van der Waals surface area contributed by atoms with E-state index in [1.165, 1.54) is 6.04 Å². The molecule has 0 amide bonds. The molecule has 0 radical (unpaired) electrons. The zero-order valence-electron chi connectivity index (χ0n) is 29.7. The van der Waals surface area contributed by atoms with E-state index < -0.39 is 22.1 Å². The van der Waals surface area contributed by atoms with Gasteiger partial charge in [-0.05, 0) is 90.4 Å². The highest BCUT2D eigenvalue weighted by molar-refractivity contribution is 9.10. The van der Waals surface area contributed by atoms with Gasteiger partial charge in [-0.1, -0.05) is 19.6 Å². The summed E-state index contributed by atoms with van der Waals surface area (Å²) in [4.78, 5) is 4.36. The number of nitrogens with zero attached hydrogens (tertiary/aromatic N) is 4. The van der Waals surface area contributed by atoms with Gasteiger partial charge in [0.2, 0.25) is 0 Å². The van der Waals surface area contributed by atoms with Crippen molar-refractivity contribution in [2.24, 2.45) is 7.05 Å². The van der Waals surface area contributed by atoms with Crippen molar-refractivity contribution in [1.82, 2.24) is 19.3 Å². The van der Waals surface area contributed by atoms with Crippen LogP contribution in [-0.4, -0.2) is 75.3 Å². The average Bonchev–Trinajstić information content (AvgIpc) is 3.58. The number of pyridine rings is 1. The number of hydrogen-bond donors (Lipinski definition) is 0. The summed E-state index contributed by atoms with van der Waals surface area (Å²) < 4.78 is 34.6. The van der Waals surface area contributed by atoms with E-state index in [-0.39, 0.29) is 27.2 Å². The molecule has 256 valence electrons. The monoisotopic (exact) mass is 758 g/mol. The Morgan fingerprint density at radius 3 is 1.78 bits per heavy atom. The smallest absolute Gasteiger partial charge is 0.405 e. The third kappa shape index (κ3) is 10.1. The zero-order valence-corrected chi connectivity index (χ0v) is 33.8.